The highest BCUT2D eigenvalue weighted by molar-refractivity contribution is 5.78. The van der Waals surface area contributed by atoms with Gasteiger partial charge in [0.2, 0.25) is 0 Å². The van der Waals surface area contributed by atoms with Gasteiger partial charge in [0.05, 0.1) is 34.7 Å². The number of rotatable bonds is 7. The maximum Gasteiger partial charge on any atom is 0.416 e. The minimum Gasteiger partial charge on any atom is -0.350 e. The van der Waals surface area contributed by atoms with Gasteiger partial charge in [-0.25, -0.2) is 14.8 Å². The fourth-order valence-electron chi connectivity index (χ4n) is 5.66. The molecule has 2 amide bonds. The Labute approximate surface area is 236 Å². The molecule has 214 valence electrons. The number of carbonyl (C=O) groups is 1. The third-order valence-corrected chi connectivity index (χ3v) is 7.65. The molecule has 1 aliphatic carbocycles. The quantitative estimate of drug-likeness (QED) is 0.255. The van der Waals surface area contributed by atoms with Crippen LogP contribution in [0.15, 0.2) is 83.7 Å². The van der Waals surface area contributed by atoms with Gasteiger partial charge in [-0.3, -0.25) is 14.4 Å². The average molecular weight is 564 g/mol. The highest BCUT2D eigenvalue weighted by Crippen LogP contribution is 2.36. The van der Waals surface area contributed by atoms with E-state index in [-0.39, 0.29) is 18.1 Å². The molecule has 0 saturated heterocycles. The summed E-state index contributed by atoms with van der Waals surface area (Å²) in [6.07, 6.45) is -0.281. The van der Waals surface area contributed by atoms with Gasteiger partial charge in [-0.05, 0) is 61.7 Å². The number of anilines is 1. The van der Waals surface area contributed by atoms with Gasteiger partial charge in [-0.2, -0.15) is 13.2 Å². The SMILES string of the molecule is CC(c1nc2ccccc2c(=O)n1Cc1ccccc1)N(c1ccc(C(F)(F)F)cc1)N(C(N)=O)C1CCCCC1. The molecule has 0 spiro atoms. The first-order valence-electron chi connectivity index (χ1n) is 13.7. The number of amides is 2. The first-order valence-corrected chi connectivity index (χ1v) is 13.7. The Balaban J connectivity index is 1.69. The fraction of sp³-hybridized carbons (Fsp3) is 0.323. The van der Waals surface area contributed by atoms with Crippen molar-refractivity contribution in [2.45, 2.75) is 63.8 Å². The Kier molecular flexibility index (Phi) is 8.01. The maximum atomic E-state index is 13.9. The summed E-state index contributed by atoms with van der Waals surface area (Å²) in [7, 11) is 0. The van der Waals surface area contributed by atoms with E-state index in [1.165, 1.54) is 17.1 Å². The summed E-state index contributed by atoms with van der Waals surface area (Å²) in [4.78, 5) is 31.8. The number of fused-ring (bicyclic) bond motifs is 1. The van der Waals surface area contributed by atoms with Crippen molar-refractivity contribution in [1.29, 1.82) is 0 Å². The van der Waals surface area contributed by atoms with Gasteiger partial charge in [-0.1, -0.05) is 61.7 Å². The molecule has 0 bridgehead atoms. The third kappa shape index (κ3) is 5.91. The molecule has 7 nitrogen and oxygen atoms in total. The molecule has 3 aromatic carbocycles. The van der Waals surface area contributed by atoms with Crippen LogP contribution in [-0.2, 0) is 12.7 Å². The second kappa shape index (κ2) is 11.6. The summed E-state index contributed by atoms with van der Waals surface area (Å²) in [6, 6.07) is 19.4. The smallest absolute Gasteiger partial charge is 0.350 e. The van der Waals surface area contributed by atoms with Crippen molar-refractivity contribution in [2.24, 2.45) is 5.73 Å². The molecule has 0 radical (unpaired) electrons. The van der Waals surface area contributed by atoms with Gasteiger partial charge in [0.1, 0.15) is 11.9 Å². The summed E-state index contributed by atoms with van der Waals surface area (Å²) in [5.41, 5.74) is 6.62. The van der Waals surface area contributed by atoms with Crippen molar-refractivity contribution >= 4 is 22.6 Å². The van der Waals surface area contributed by atoms with Gasteiger partial charge in [-0.15, -0.1) is 0 Å². The molecule has 2 N–H and O–H groups in total. The molecular formula is C31H32F3N5O2. The van der Waals surface area contributed by atoms with E-state index >= 15 is 0 Å². The molecule has 4 aromatic rings. The van der Waals surface area contributed by atoms with Crippen molar-refractivity contribution < 1.29 is 18.0 Å². The summed E-state index contributed by atoms with van der Waals surface area (Å²) in [6.45, 7) is 2.01. The molecule has 10 heteroatoms. The normalized spacial score (nSPS) is 15.0. The van der Waals surface area contributed by atoms with Crippen molar-refractivity contribution in [3.05, 3.63) is 106 Å². The number of halogens is 3. The summed E-state index contributed by atoms with van der Waals surface area (Å²) >= 11 is 0. The van der Waals surface area contributed by atoms with E-state index in [2.05, 4.69) is 0 Å². The third-order valence-electron chi connectivity index (χ3n) is 7.65. The van der Waals surface area contributed by atoms with Crippen LogP contribution in [-0.4, -0.2) is 26.6 Å². The van der Waals surface area contributed by atoms with Gasteiger partial charge < -0.3 is 5.73 Å². The molecule has 1 aromatic heterocycles. The molecule has 0 aliphatic heterocycles. The van der Waals surface area contributed by atoms with Crippen LogP contribution >= 0.6 is 0 Å². The Morgan fingerprint density at radius 3 is 2.24 bits per heavy atom. The Morgan fingerprint density at radius 2 is 1.61 bits per heavy atom. The molecule has 5 rings (SSSR count). The van der Waals surface area contributed by atoms with Crippen LogP contribution in [0.25, 0.3) is 10.9 Å². The van der Waals surface area contributed by atoms with Gasteiger partial charge in [0.15, 0.2) is 0 Å². The number of benzene rings is 3. The second-order valence-electron chi connectivity index (χ2n) is 10.4. The number of nitrogens with two attached hydrogens (primary N) is 1. The van der Waals surface area contributed by atoms with Crippen LogP contribution in [0.5, 0.6) is 0 Å². The molecule has 1 heterocycles. The van der Waals surface area contributed by atoms with Gasteiger partial charge >= 0.3 is 12.2 Å². The Morgan fingerprint density at radius 1 is 0.976 bits per heavy atom. The predicted molar refractivity (Wildman–Crippen MR) is 152 cm³/mol. The van der Waals surface area contributed by atoms with E-state index in [0.29, 0.717) is 35.3 Å². The van der Waals surface area contributed by atoms with E-state index in [9.17, 15) is 22.8 Å². The van der Waals surface area contributed by atoms with E-state index in [4.69, 9.17) is 10.7 Å². The topological polar surface area (TPSA) is 84.5 Å². The number of hydrazine groups is 1. The summed E-state index contributed by atoms with van der Waals surface area (Å²) in [5, 5.41) is 3.50. The van der Waals surface area contributed by atoms with Crippen LogP contribution in [0.3, 0.4) is 0 Å². The number of urea groups is 1. The lowest BCUT2D eigenvalue weighted by atomic mass is 9.95. The number of alkyl halides is 3. The van der Waals surface area contributed by atoms with E-state index in [1.807, 2.05) is 30.3 Å². The van der Waals surface area contributed by atoms with Gasteiger partial charge in [0.25, 0.3) is 5.56 Å². The van der Waals surface area contributed by atoms with Crippen LogP contribution in [0.4, 0.5) is 23.7 Å². The fourth-order valence-corrected chi connectivity index (χ4v) is 5.66. The number of carbonyl (C=O) groups excluding carboxylic acids is 1. The average Bonchev–Trinajstić information content (AvgIpc) is 2.97. The molecular weight excluding hydrogens is 531 g/mol. The van der Waals surface area contributed by atoms with Crippen LogP contribution < -0.4 is 16.3 Å². The number of aromatic nitrogens is 2. The van der Waals surface area contributed by atoms with Crippen molar-refractivity contribution in [3.8, 4) is 0 Å². The van der Waals surface area contributed by atoms with Crippen molar-refractivity contribution in [1.82, 2.24) is 14.6 Å². The van der Waals surface area contributed by atoms with Crippen LogP contribution in [0.2, 0.25) is 0 Å². The number of para-hydroxylation sites is 1. The van der Waals surface area contributed by atoms with Crippen LogP contribution in [0, 0.1) is 0 Å². The summed E-state index contributed by atoms with van der Waals surface area (Å²) < 4.78 is 41.9. The highest BCUT2D eigenvalue weighted by Gasteiger charge is 2.36. The first kappa shape index (κ1) is 28.2. The van der Waals surface area contributed by atoms with Gasteiger partial charge in [0, 0.05) is 0 Å². The van der Waals surface area contributed by atoms with E-state index < -0.39 is 23.8 Å². The highest BCUT2D eigenvalue weighted by atomic mass is 19.4. The standard InChI is InChI=1S/C31H32F3N5O2/c1-21(28-36-27-15-9-8-14-26(27)29(40)37(28)20-22-10-4-2-5-11-22)38(25-18-16-23(17-19-25)31(32,33)34)39(30(35)41)24-12-6-3-7-13-24/h2,4-5,8-11,14-19,21,24H,3,6-7,12-13,20H2,1H3,(H2,35,41). The zero-order valence-electron chi connectivity index (χ0n) is 22.7. The largest absolute Gasteiger partial charge is 0.416 e. The van der Waals surface area contributed by atoms with Crippen molar-refractivity contribution in [3.63, 3.8) is 0 Å². The monoisotopic (exact) mass is 563 g/mol. The minimum atomic E-state index is -4.52. The number of nitrogens with zero attached hydrogens (tertiary/aromatic N) is 4. The molecule has 41 heavy (non-hydrogen) atoms. The van der Waals surface area contributed by atoms with E-state index in [1.54, 1.807) is 40.8 Å². The van der Waals surface area contributed by atoms with E-state index in [0.717, 1.165) is 37.0 Å². The number of hydrogen-bond acceptors (Lipinski definition) is 4. The minimum absolute atomic E-state index is 0.220. The molecule has 1 atom stereocenters. The molecule has 1 unspecified atom stereocenters. The Bertz CT molecular complexity index is 1570. The number of hydrogen-bond donors (Lipinski definition) is 1. The lowest BCUT2D eigenvalue weighted by molar-refractivity contribution is -0.137. The second-order valence-corrected chi connectivity index (χ2v) is 10.4. The van der Waals surface area contributed by atoms with Crippen LogP contribution in [0.1, 0.15) is 62.0 Å². The summed E-state index contributed by atoms with van der Waals surface area (Å²) in [5.74, 6) is 0.361. The predicted octanol–water partition coefficient (Wildman–Crippen LogP) is 6.66. The zero-order chi connectivity index (χ0) is 29.1. The van der Waals surface area contributed by atoms with Crippen molar-refractivity contribution in [2.75, 3.05) is 5.01 Å². The molecule has 1 aliphatic rings. The molecule has 1 saturated carbocycles. The first-order chi connectivity index (χ1) is 19.6. The maximum absolute atomic E-state index is 13.9. The lowest BCUT2D eigenvalue weighted by Gasteiger charge is -2.45. The Hall–Kier alpha value is -4.34. The lowest BCUT2D eigenvalue weighted by Crippen LogP contribution is -2.56. The number of primary amides is 1. The zero-order valence-corrected chi connectivity index (χ0v) is 22.7. The molecule has 1 fully saturated rings.